The number of allylic oxidation sites excluding steroid dienone is 2. The third kappa shape index (κ3) is 3.68. The summed E-state index contributed by atoms with van der Waals surface area (Å²) in [5, 5.41) is 16.9. The lowest BCUT2D eigenvalue weighted by Crippen LogP contribution is -2.49. The zero-order valence-corrected chi connectivity index (χ0v) is 27.0. The summed E-state index contributed by atoms with van der Waals surface area (Å²) in [6.07, 6.45) is 2.05. The van der Waals surface area contributed by atoms with E-state index >= 15 is 0 Å². The number of fused-ring (bicyclic) bond motifs is 5. The molecule has 0 radical (unpaired) electrons. The second-order valence-electron chi connectivity index (χ2n) is 12.6. The number of amides is 2. The van der Waals surface area contributed by atoms with Crippen LogP contribution in [0.25, 0.3) is 20.7 Å². The Bertz CT molecular complexity index is 2320. The standard InChI is InChI=1S/C33H29ClN6O5S/c1-16-21-13-18(34)8-9-25(21)46-28(16)23-15-26(37(4)35-23)39-29(42)22-14-24-20(10-11-38-31(44)36(3)32(45)40(24)38)27(33(22,2)30(39)43)17-6-5-7-19(41)12-17/h5-10,12-13,15,22,24,27,41H,11,14H2,1-4H3/t22-,24+,27-,33+/m0/s1. The van der Waals surface area contributed by atoms with Crippen LogP contribution in [0.5, 0.6) is 5.75 Å². The molecule has 2 amide bonds. The third-order valence-corrected chi connectivity index (χ3v) is 11.7. The van der Waals surface area contributed by atoms with Gasteiger partial charge in [0.2, 0.25) is 11.8 Å². The quantitative estimate of drug-likeness (QED) is 0.225. The van der Waals surface area contributed by atoms with Crippen molar-refractivity contribution in [2.24, 2.45) is 25.4 Å². The first-order chi connectivity index (χ1) is 21.9. The first kappa shape index (κ1) is 28.8. The maximum Gasteiger partial charge on any atom is 0.347 e. The number of carbonyl (C=O) groups is 2. The van der Waals surface area contributed by atoms with Crippen LogP contribution in [-0.2, 0) is 30.2 Å². The lowest BCUT2D eigenvalue weighted by atomic mass is 9.56. The number of aromatic nitrogens is 5. The van der Waals surface area contributed by atoms with Crippen LogP contribution in [0.15, 0.2) is 69.8 Å². The van der Waals surface area contributed by atoms with Gasteiger partial charge in [0.1, 0.15) is 17.3 Å². The van der Waals surface area contributed by atoms with Gasteiger partial charge in [-0.05, 0) is 72.7 Å². The van der Waals surface area contributed by atoms with Crippen LogP contribution in [-0.4, -0.2) is 40.6 Å². The minimum absolute atomic E-state index is 0.0230. The molecule has 3 aliphatic rings. The molecule has 2 aromatic carbocycles. The topological polar surface area (TPSA) is 124 Å². The van der Waals surface area contributed by atoms with E-state index in [1.165, 1.54) is 21.3 Å². The van der Waals surface area contributed by atoms with Gasteiger partial charge in [-0.15, -0.1) is 11.3 Å². The zero-order valence-electron chi connectivity index (χ0n) is 25.4. The second kappa shape index (κ2) is 9.66. The summed E-state index contributed by atoms with van der Waals surface area (Å²) in [5.74, 6) is -1.88. The fourth-order valence-electron chi connectivity index (χ4n) is 7.90. The molecule has 234 valence electrons. The molecule has 0 bridgehead atoms. The van der Waals surface area contributed by atoms with E-state index in [4.69, 9.17) is 16.7 Å². The maximum absolute atomic E-state index is 14.8. The summed E-state index contributed by atoms with van der Waals surface area (Å²) in [4.78, 5) is 57.7. The van der Waals surface area contributed by atoms with E-state index in [9.17, 15) is 24.3 Å². The van der Waals surface area contributed by atoms with E-state index in [-0.39, 0.29) is 24.6 Å². The summed E-state index contributed by atoms with van der Waals surface area (Å²) in [7, 11) is 3.14. The highest BCUT2D eigenvalue weighted by molar-refractivity contribution is 7.22. The largest absolute Gasteiger partial charge is 0.508 e. The molecule has 3 aromatic heterocycles. The van der Waals surface area contributed by atoms with E-state index in [0.717, 1.165) is 30.7 Å². The van der Waals surface area contributed by atoms with Crippen LogP contribution in [0.1, 0.15) is 36.4 Å². The smallest absolute Gasteiger partial charge is 0.347 e. The van der Waals surface area contributed by atoms with Gasteiger partial charge in [-0.2, -0.15) is 5.10 Å². The number of aryl methyl sites for hydroxylation is 2. The van der Waals surface area contributed by atoms with Crippen molar-refractivity contribution in [3.63, 3.8) is 0 Å². The van der Waals surface area contributed by atoms with Gasteiger partial charge in [-0.25, -0.2) is 28.4 Å². The van der Waals surface area contributed by atoms with Crippen molar-refractivity contribution >= 4 is 50.7 Å². The Balaban J connectivity index is 1.28. The van der Waals surface area contributed by atoms with Crippen molar-refractivity contribution in [3.05, 3.63) is 97.3 Å². The molecule has 4 atom stereocenters. The highest BCUT2D eigenvalue weighted by Crippen LogP contribution is 2.61. The van der Waals surface area contributed by atoms with Crippen molar-refractivity contribution in [1.82, 2.24) is 23.7 Å². The Morgan fingerprint density at radius 2 is 1.83 bits per heavy atom. The number of hydrogen-bond donors (Lipinski definition) is 1. The van der Waals surface area contributed by atoms with Crippen LogP contribution in [0.2, 0.25) is 5.02 Å². The van der Waals surface area contributed by atoms with Crippen molar-refractivity contribution < 1.29 is 14.7 Å². The third-order valence-electron chi connectivity index (χ3n) is 10.1. The fraction of sp³-hybridized carbons (Fsp3) is 0.303. The van der Waals surface area contributed by atoms with Gasteiger partial charge in [-0.3, -0.25) is 14.3 Å². The van der Waals surface area contributed by atoms with Crippen LogP contribution < -0.4 is 16.3 Å². The SMILES string of the molecule is Cc1c(-c2cc(N3C(=O)[C@@H]4C[C@@H]5C(=CCn6c(=O)n(C)c(=O)n65)[C@H](c5cccc(O)c5)[C@]4(C)C3=O)n(C)n2)sc2ccc(Cl)cc12. The van der Waals surface area contributed by atoms with Crippen LogP contribution in [0.4, 0.5) is 5.82 Å². The van der Waals surface area contributed by atoms with Gasteiger partial charge >= 0.3 is 11.4 Å². The molecule has 1 saturated heterocycles. The average Bonchev–Trinajstić information content (AvgIpc) is 3.68. The number of thiophene rings is 1. The molecule has 0 unspecified atom stereocenters. The number of benzene rings is 2. The Hall–Kier alpha value is -4.68. The Kier molecular flexibility index (Phi) is 6.04. The molecule has 2 fully saturated rings. The first-order valence-corrected chi connectivity index (χ1v) is 16.1. The number of hydrogen-bond acceptors (Lipinski definition) is 7. The Morgan fingerprint density at radius 1 is 1.04 bits per heavy atom. The van der Waals surface area contributed by atoms with Crippen molar-refractivity contribution in [1.29, 1.82) is 0 Å². The predicted octanol–water partition coefficient (Wildman–Crippen LogP) is 4.50. The molecule has 1 N–H and O–H groups in total. The number of phenolic OH excluding ortho intramolecular Hbond substituents is 1. The summed E-state index contributed by atoms with van der Waals surface area (Å²) in [6.45, 7) is 3.95. The molecular formula is C33H29ClN6O5S. The lowest BCUT2D eigenvalue weighted by Gasteiger charge is -2.47. The van der Waals surface area contributed by atoms with Crippen molar-refractivity contribution in [2.45, 2.75) is 38.8 Å². The summed E-state index contributed by atoms with van der Waals surface area (Å²) in [5.41, 5.74) is 0.882. The molecule has 46 heavy (non-hydrogen) atoms. The molecule has 5 aromatic rings. The predicted molar refractivity (Wildman–Crippen MR) is 174 cm³/mol. The number of carbonyl (C=O) groups excluding carboxylic acids is 2. The van der Waals surface area contributed by atoms with Gasteiger partial charge in [0.05, 0.1) is 28.8 Å². The number of aromatic hydroxyl groups is 1. The normalized spacial score (nSPS) is 23.9. The van der Waals surface area contributed by atoms with E-state index in [1.54, 1.807) is 54.3 Å². The number of imide groups is 1. The fourth-order valence-corrected chi connectivity index (χ4v) is 9.22. The molecule has 13 heteroatoms. The van der Waals surface area contributed by atoms with E-state index < -0.39 is 40.6 Å². The molecule has 5 heterocycles. The number of halogens is 1. The van der Waals surface area contributed by atoms with Gasteiger partial charge in [0.25, 0.3) is 0 Å². The first-order valence-electron chi connectivity index (χ1n) is 14.9. The highest BCUT2D eigenvalue weighted by Gasteiger charge is 2.65. The molecule has 8 rings (SSSR count). The number of phenols is 1. The zero-order chi connectivity index (χ0) is 32.4. The molecule has 1 saturated carbocycles. The Morgan fingerprint density at radius 3 is 2.59 bits per heavy atom. The van der Waals surface area contributed by atoms with Crippen molar-refractivity contribution in [3.8, 4) is 16.3 Å². The lowest BCUT2D eigenvalue weighted by molar-refractivity contribution is -0.129. The minimum atomic E-state index is -1.25. The molecule has 11 nitrogen and oxygen atoms in total. The summed E-state index contributed by atoms with van der Waals surface area (Å²) < 4.78 is 6.47. The van der Waals surface area contributed by atoms with Crippen LogP contribution in [0.3, 0.4) is 0 Å². The number of nitrogens with zero attached hydrogens (tertiary/aromatic N) is 6. The van der Waals surface area contributed by atoms with Crippen LogP contribution in [0, 0.1) is 18.3 Å². The van der Waals surface area contributed by atoms with Gasteiger partial charge in [0, 0.05) is 35.8 Å². The average molecular weight is 657 g/mol. The molecule has 0 spiro atoms. The molecular weight excluding hydrogens is 628 g/mol. The van der Waals surface area contributed by atoms with E-state index in [1.807, 2.05) is 37.3 Å². The van der Waals surface area contributed by atoms with Gasteiger partial charge in [-0.1, -0.05) is 29.8 Å². The molecule has 1 aliphatic carbocycles. The van der Waals surface area contributed by atoms with Gasteiger partial charge in [0.15, 0.2) is 0 Å². The van der Waals surface area contributed by atoms with Gasteiger partial charge < -0.3 is 5.11 Å². The summed E-state index contributed by atoms with van der Waals surface area (Å²) >= 11 is 7.84. The van der Waals surface area contributed by atoms with Crippen LogP contribution >= 0.6 is 22.9 Å². The van der Waals surface area contributed by atoms with Crippen molar-refractivity contribution in [2.75, 3.05) is 4.90 Å². The Labute approximate surface area is 271 Å². The molecule has 2 aliphatic heterocycles. The maximum atomic E-state index is 14.8. The van der Waals surface area contributed by atoms with E-state index in [0.29, 0.717) is 22.1 Å². The number of anilines is 1. The minimum Gasteiger partial charge on any atom is -0.508 e. The highest BCUT2D eigenvalue weighted by atomic mass is 35.5. The second-order valence-corrected chi connectivity index (χ2v) is 14.0. The number of rotatable bonds is 3. The summed E-state index contributed by atoms with van der Waals surface area (Å²) in [6, 6.07) is 13.5. The van der Waals surface area contributed by atoms with E-state index in [2.05, 4.69) is 0 Å². The monoisotopic (exact) mass is 656 g/mol.